The summed E-state index contributed by atoms with van der Waals surface area (Å²) >= 11 is 0. The third-order valence-electron chi connectivity index (χ3n) is 5.79. The highest BCUT2D eigenvalue weighted by Crippen LogP contribution is 2.31. The largest absolute Gasteiger partial charge is 0.389 e. The molecular formula is C18H27N3O2. The zero-order chi connectivity index (χ0) is 15.9. The Hall–Kier alpha value is -1.20. The van der Waals surface area contributed by atoms with Gasteiger partial charge in [0, 0.05) is 31.6 Å². The molecule has 0 spiro atoms. The summed E-state index contributed by atoms with van der Waals surface area (Å²) in [5.41, 5.74) is 1.86. The molecule has 2 heterocycles. The average Bonchev–Trinajstić information content (AvgIpc) is 2.93. The van der Waals surface area contributed by atoms with E-state index >= 15 is 0 Å². The zero-order valence-electron chi connectivity index (χ0n) is 13.8. The van der Waals surface area contributed by atoms with E-state index in [1.165, 1.54) is 6.42 Å². The molecule has 0 aromatic carbocycles. The van der Waals surface area contributed by atoms with Crippen LogP contribution in [0.5, 0.6) is 0 Å². The van der Waals surface area contributed by atoms with Crippen LogP contribution >= 0.6 is 0 Å². The standard InChI is InChI=1S/C18H27N3O2/c22-17-9-15-5-4-6-16(15)19-21(17)12-14-10-20(11-14)13-18(23)7-2-1-3-8-18/h9,14,23H,1-8,10-13H2. The number of aryl methyl sites for hydroxylation is 2. The fourth-order valence-corrected chi connectivity index (χ4v) is 4.52. The molecule has 2 fully saturated rings. The van der Waals surface area contributed by atoms with Crippen molar-refractivity contribution in [1.29, 1.82) is 0 Å². The molecule has 1 aromatic heterocycles. The number of aromatic nitrogens is 2. The summed E-state index contributed by atoms with van der Waals surface area (Å²) in [4.78, 5) is 14.5. The SMILES string of the molecule is O=c1cc2c(nn1CC1CN(CC3(O)CCCCC3)C1)CCC2. The summed E-state index contributed by atoms with van der Waals surface area (Å²) in [6.45, 7) is 3.48. The summed E-state index contributed by atoms with van der Waals surface area (Å²) in [6.07, 6.45) is 8.61. The predicted molar refractivity (Wildman–Crippen MR) is 88.5 cm³/mol. The summed E-state index contributed by atoms with van der Waals surface area (Å²) in [5, 5.41) is 15.2. The number of hydrogen-bond acceptors (Lipinski definition) is 4. The van der Waals surface area contributed by atoms with Crippen LogP contribution in [0.15, 0.2) is 10.9 Å². The Morgan fingerprint density at radius 3 is 2.74 bits per heavy atom. The maximum atomic E-state index is 12.2. The van der Waals surface area contributed by atoms with Crippen molar-refractivity contribution in [1.82, 2.24) is 14.7 Å². The van der Waals surface area contributed by atoms with Crippen LogP contribution in [0, 0.1) is 5.92 Å². The van der Waals surface area contributed by atoms with E-state index in [1.54, 1.807) is 10.7 Å². The van der Waals surface area contributed by atoms with Crippen LogP contribution in [0.1, 0.15) is 49.8 Å². The minimum atomic E-state index is -0.466. The van der Waals surface area contributed by atoms with Gasteiger partial charge in [-0.1, -0.05) is 19.3 Å². The Bertz CT molecular complexity index is 628. The minimum Gasteiger partial charge on any atom is -0.389 e. The lowest BCUT2D eigenvalue weighted by atomic mass is 9.83. The van der Waals surface area contributed by atoms with E-state index in [4.69, 9.17) is 0 Å². The van der Waals surface area contributed by atoms with Crippen molar-refractivity contribution in [2.45, 2.75) is 63.5 Å². The summed E-state index contributed by atoms with van der Waals surface area (Å²) in [6, 6.07) is 1.79. The third-order valence-corrected chi connectivity index (χ3v) is 5.79. The molecule has 3 aliphatic rings. The molecular weight excluding hydrogens is 290 g/mol. The van der Waals surface area contributed by atoms with Crippen LogP contribution in [0.4, 0.5) is 0 Å². The molecule has 5 heteroatoms. The van der Waals surface area contributed by atoms with E-state index < -0.39 is 5.60 Å². The van der Waals surface area contributed by atoms with Crippen molar-refractivity contribution in [2.75, 3.05) is 19.6 Å². The van der Waals surface area contributed by atoms with Gasteiger partial charge in [-0.2, -0.15) is 5.10 Å². The number of likely N-dealkylation sites (tertiary alicyclic amines) is 1. The van der Waals surface area contributed by atoms with Crippen LogP contribution in [0.3, 0.4) is 0 Å². The van der Waals surface area contributed by atoms with Crippen LogP contribution in [0.25, 0.3) is 0 Å². The quantitative estimate of drug-likeness (QED) is 0.911. The second-order valence-corrected chi connectivity index (χ2v) is 7.84. The molecule has 1 aromatic rings. The molecule has 1 N–H and O–H groups in total. The van der Waals surface area contributed by atoms with E-state index in [0.29, 0.717) is 5.92 Å². The molecule has 2 aliphatic carbocycles. The molecule has 126 valence electrons. The first-order chi connectivity index (χ1) is 11.1. The Kier molecular flexibility index (Phi) is 4.01. The Balaban J connectivity index is 1.32. The molecule has 5 nitrogen and oxygen atoms in total. The molecule has 1 aliphatic heterocycles. The third kappa shape index (κ3) is 3.22. The number of β-amino-alcohol motifs (C(OH)–C–C–N with tert-alkyl or cyclic N) is 1. The second-order valence-electron chi connectivity index (χ2n) is 7.84. The van der Waals surface area contributed by atoms with Gasteiger partial charge in [0.15, 0.2) is 0 Å². The first-order valence-electron chi connectivity index (χ1n) is 9.16. The van der Waals surface area contributed by atoms with Crippen LogP contribution in [0.2, 0.25) is 0 Å². The molecule has 0 atom stereocenters. The lowest BCUT2D eigenvalue weighted by Crippen LogP contribution is -2.55. The Labute approximate surface area is 137 Å². The first kappa shape index (κ1) is 15.3. The average molecular weight is 317 g/mol. The molecule has 1 saturated carbocycles. The Morgan fingerprint density at radius 1 is 1.17 bits per heavy atom. The fourth-order valence-electron chi connectivity index (χ4n) is 4.52. The van der Waals surface area contributed by atoms with Crippen molar-refractivity contribution in [3.8, 4) is 0 Å². The topological polar surface area (TPSA) is 58.4 Å². The summed E-state index contributed by atoms with van der Waals surface area (Å²) in [7, 11) is 0. The van der Waals surface area contributed by atoms with Crippen molar-refractivity contribution in [3.63, 3.8) is 0 Å². The van der Waals surface area contributed by atoms with Gasteiger partial charge in [0.2, 0.25) is 0 Å². The lowest BCUT2D eigenvalue weighted by molar-refractivity contribution is -0.0556. The molecule has 0 radical (unpaired) electrons. The summed E-state index contributed by atoms with van der Waals surface area (Å²) in [5.74, 6) is 0.492. The van der Waals surface area contributed by atoms with Crippen molar-refractivity contribution in [2.24, 2.45) is 5.92 Å². The van der Waals surface area contributed by atoms with Crippen molar-refractivity contribution >= 4 is 0 Å². The Morgan fingerprint density at radius 2 is 1.96 bits per heavy atom. The van der Waals surface area contributed by atoms with Gasteiger partial charge in [0.1, 0.15) is 0 Å². The van der Waals surface area contributed by atoms with Gasteiger partial charge < -0.3 is 5.11 Å². The highest BCUT2D eigenvalue weighted by molar-refractivity contribution is 5.22. The number of aliphatic hydroxyl groups is 1. The van der Waals surface area contributed by atoms with Gasteiger partial charge >= 0.3 is 0 Å². The maximum absolute atomic E-state index is 12.2. The van der Waals surface area contributed by atoms with Gasteiger partial charge in [-0.25, -0.2) is 4.68 Å². The zero-order valence-corrected chi connectivity index (χ0v) is 13.8. The maximum Gasteiger partial charge on any atom is 0.267 e. The smallest absolute Gasteiger partial charge is 0.267 e. The molecule has 23 heavy (non-hydrogen) atoms. The minimum absolute atomic E-state index is 0.0509. The van der Waals surface area contributed by atoms with Gasteiger partial charge in [0.25, 0.3) is 5.56 Å². The second kappa shape index (κ2) is 6.02. The lowest BCUT2D eigenvalue weighted by Gasteiger charge is -2.45. The first-order valence-corrected chi connectivity index (χ1v) is 9.16. The van der Waals surface area contributed by atoms with E-state index in [0.717, 1.165) is 82.4 Å². The highest BCUT2D eigenvalue weighted by Gasteiger charge is 2.36. The normalized spacial score (nSPS) is 24.4. The van der Waals surface area contributed by atoms with E-state index in [2.05, 4.69) is 10.00 Å². The number of nitrogens with zero attached hydrogens (tertiary/aromatic N) is 3. The summed E-state index contributed by atoms with van der Waals surface area (Å²) < 4.78 is 1.67. The molecule has 1 saturated heterocycles. The molecule has 4 rings (SSSR count). The predicted octanol–water partition coefficient (Wildman–Crippen LogP) is 1.36. The van der Waals surface area contributed by atoms with Crippen LogP contribution in [-0.2, 0) is 19.4 Å². The van der Waals surface area contributed by atoms with Crippen LogP contribution in [-0.4, -0.2) is 45.0 Å². The highest BCUT2D eigenvalue weighted by atomic mass is 16.3. The van der Waals surface area contributed by atoms with Crippen molar-refractivity contribution in [3.05, 3.63) is 27.7 Å². The molecule has 0 bridgehead atoms. The van der Waals surface area contributed by atoms with E-state index in [-0.39, 0.29) is 5.56 Å². The van der Waals surface area contributed by atoms with Crippen molar-refractivity contribution < 1.29 is 5.11 Å². The van der Waals surface area contributed by atoms with Gasteiger partial charge in [-0.15, -0.1) is 0 Å². The number of rotatable bonds is 4. The van der Waals surface area contributed by atoms with Gasteiger partial charge in [-0.3, -0.25) is 9.69 Å². The number of hydrogen-bond donors (Lipinski definition) is 1. The van der Waals surface area contributed by atoms with E-state index in [9.17, 15) is 9.90 Å². The fraction of sp³-hybridized carbons (Fsp3) is 0.778. The monoisotopic (exact) mass is 317 g/mol. The van der Waals surface area contributed by atoms with Gasteiger partial charge in [-0.05, 0) is 37.7 Å². The molecule has 0 unspecified atom stereocenters. The van der Waals surface area contributed by atoms with E-state index in [1.807, 2.05) is 0 Å². The molecule has 0 amide bonds. The van der Waals surface area contributed by atoms with Crippen LogP contribution < -0.4 is 5.56 Å². The van der Waals surface area contributed by atoms with Gasteiger partial charge in [0.05, 0.1) is 17.8 Å². The number of fused-ring (bicyclic) bond motifs is 1.